The number of hydrogen-bond acceptors (Lipinski definition) is 3. The fraction of sp³-hybridized carbons (Fsp3) is 0.333. The lowest BCUT2D eigenvalue weighted by atomic mass is 9.74. The molecule has 4 aromatic rings. The van der Waals surface area contributed by atoms with Crippen LogP contribution in [-0.2, 0) is 14.7 Å². The van der Waals surface area contributed by atoms with E-state index in [0.29, 0.717) is 0 Å². The molecule has 0 unspecified atom stereocenters. The lowest BCUT2D eigenvalue weighted by Crippen LogP contribution is -2.41. The monoisotopic (exact) mass is 410 g/mol. The highest BCUT2D eigenvalue weighted by Crippen LogP contribution is 2.52. The molecule has 156 valence electrons. The molecule has 3 aromatic carbocycles. The van der Waals surface area contributed by atoms with Crippen molar-refractivity contribution in [3.05, 3.63) is 65.7 Å². The summed E-state index contributed by atoms with van der Waals surface area (Å²) in [7, 11) is -0.360. The summed E-state index contributed by atoms with van der Waals surface area (Å²) in [4.78, 5) is 0. The van der Waals surface area contributed by atoms with Crippen LogP contribution in [-0.4, -0.2) is 18.3 Å². The Balaban J connectivity index is 1.52. The summed E-state index contributed by atoms with van der Waals surface area (Å²) in [6.07, 6.45) is 0. The molecular weight excluding hydrogens is 383 g/mol. The Morgan fingerprint density at radius 2 is 1.39 bits per heavy atom. The third-order valence-corrected chi connectivity index (χ3v) is 7.70. The van der Waals surface area contributed by atoms with E-state index in [0.717, 1.165) is 16.6 Å². The van der Waals surface area contributed by atoms with Crippen LogP contribution < -0.4 is 5.46 Å². The smallest absolute Gasteiger partial charge is 0.456 e. The van der Waals surface area contributed by atoms with Gasteiger partial charge >= 0.3 is 7.12 Å². The van der Waals surface area contributed by atoms with E-state index >= 15 is 0 Å². The Kier molecular flexibility index (Phi) is 3.59. The lowest BCUT2D eigenvalue weighted by Gasteiger charge is -2.32. The second kappa shape index (κ2) is 5.82. The third kappa shape index (κ3) is 2.43. The first-order valence-electron chi connectivity index (χ1n) is 11.1. The molecule has 1 aliphatic heterocycles. The predicted octanol–water partition coefficient (Wildman–Crippen LogP) is 6.19. The maximum atomic E-state index is 6.40. The maximum Gasteiger partial charge on any atom is 0.494 e. The Labute approximate surface area is 183 Å². The summed E-state index contributed by atoms with van der Waals surface area (Å²) in [5.41, 5.74) is 7.20. The first-order chi connectivity index (χ1) is 14.6. The van der Waals surface area contributed by atoms with E-state index in [4.69, 9.17) is 13.7 Å². The summed E-state index contributed by atoms with van der Waals surface area (Å²) in [5.74, 6) is 0. The van der Waals surface area contributed by atoms with Crippen molar-refractivity contribution in [2.24, 2.45) is 0 Å². The van der Waals surface area contributed by atoms with Crippen LogP contribution in [0.5, 0.6) is 0 Å². The van der Waals surface area contributed by atoms with Gasteiger partial charge in [0, 0.05) is 21.8 Å². The van der Waals surface area contributed by atoms with E-state index in [2.05, 4.69) is 84.0 Å². The molecule has 3 nitrogen and oxygen atoms in total. The zero-order chi connectivity index (χ0) is 21.8. The largest absolute Gasteiger partial charge is 0.494 e. The number of benzene rings is 3. The number of furan rings is 1. The molecule has 1 aliphatic carbocycles. The molecule has 31 heavy (non-hydrogen) atoms. The Morgan fingerprint density at radius 3 is 2.13 bits per heavy atom. The van der Waals surface area contributed by atoms with Crippen molar-refractivity contribution >= 4 is 34.5 Å². The summed E-state index contributed by atoms with van der Waals surface area (Å²) in [6, 6.07) is 19.4. The molecule has 0 atom stereocenters. The minimum absolute atomic E-state index is 0.183. The van der Waals surface area contributed by atoms with E-state index in [9.17, 15) is 0 Å². The molecule has 1 saturated heterocycles. The fourth-order valence-electron chi connectivity index (χ4n) is 5.21. The standard InChI is InChI=1S/C27H27BO3/c1-25(2)21-15-16(28-30-26(3,4)27(5,6)31-28)11-12-17(21)19-13-14-20-18-9-7-8-10-22(18)29-24(20)23(19)25/h7-15H,1-6H3. The van der Waals surface area contributed by atoms with Gasteiger partial charge in [0.1, 0.15) is 11.2 Å². The highest BCUT2D eigenvalue weighted by atomic mass is 16.7. The normalized spacial score (nSPS) is 20.4. The van der Waals surface area contributed by atoms with Crippen LogP contribution in [0.2, 0.25) is 0 Å². The first-order valence-corrected chi connectivity index (χ1v) is 11.1. The van der Waals surface area contributed by atoms with E-state index in [1.54, 1.807) is 0 Å². The topological polar surface area (TPSA) is 31.6 Å². The van der Waals surface area contributed by atoms with Crippen molar-refractivity contribution in [2.45, 2.75) is 58.2 Å². The molecule has 2 heterocycles. The summed E-state index contributed by atoms with van der Waals surface area (Å²) < 4.78 is 19.0. The van der Waals surface area contributed by atoms with Gasteiger partial charge in [-0.15, -0.1) is 0 Å². The van der Waals surface area contributed by atoms with Gasteiger partial charge in [-0.2, -0.15) is 0 Å². The van der Waals surface area contributed by atoms with Gasteiger partial charge in [-0.25, -0.2) is 0 Å². The van der Waals surface area contributed by atoms with Crippen molar-refractivity contribution in [1.29, 1.82) is 0 Å². The summed E-state index contributed by atoms with van der Waals surface area (Å²) >= 11 is 0. The number of rotatable bonds is 1. The quantitative estimate of drug-likeness (QED) is 0.351. The molecule has 0 amide bonds. The number of fused-ring (bicyclic) bond motifs is 7. The van der Waals surface area contributed by atoms with Crippen LogP contribution >= 0.6 is 0 Å². The van der Waals surface area contributed by atoms with Gasteiger partial charge in [-0.3, -0.25) is 0 Å². The van der Waals surface area contributed by atoms with Gasteiger partial charge in [-0.1, -0.05) is 56.3 Å². The summed E-state index contributed by atoms with van der Waals surface area (Å²) in [6.45, 7) is 13.0. The van der Waals surface area contributed by atoms with Gasteiger partial charge in [0.05, 0.1) is 11.2 Å². The molecule has 1 aromatic heterocycles. The van der Waals surface area contributed by atoms with Crippen molar-refractivity contribution in [3.8, 4) is 11.1 Å². The van der Waals surface area contributed by atoms with Crippen LogP contribution in [0.25, 0.3) is 33.1 Å². The molecule has 0 saturated carbocycles. The fourth-order valence-corrected chi connectivity index (χ4v) is 5.21. The van der Waals surface area contributed by atoms with Gasteiger partial charge in [0.2, 0.25) is 0 Å². The molecular formula is C27H27BO3. The molecule has 4 heteroatoms. The second-order valence-corrected chi connectivity index (χ2v) is 10.5. The molecule has 1 fully saturated rings. The molecule has 0 spiro atoms. The Hall–Kier alpha value is -2.56. The van der Waals surface area contributed by atoms with Crippen molar-refractivity contribution < 1.29 is 13.7 Å². The predicted molar refractivity (Wildman–Crippen MR) is 127 cm³/mol. The SMILES string of the molecule is CC1(C)c2cc(B3OC(C)(C)C(C)(C)O3)ccc2-c2ccc3c(oc4ccccc43)c21. The maximum absolute atomic E-state index is 6.40. The van der Waals surface area contributed by atoms with E-state index < -0.39 is 0 Å². The number of para-hydroxylation sites is 1. The van der Waals surface area contributed by atoms with Crippen molar-refractivity contribution in [3.63, 3.8) is 0 Å². The Morgan fingerprint density at radius 1 is 0.710 bits per heavy atom. The number of hydrogen-bond donors (Lipinski definition) is 0. The zero-order valence-corrected chi connectivity index (χ0v) is 19.0. The lowest BCUT2D eigenvalue weighted by molar-refractivity contribution is 0.00578. The van der Waals surface area contributed by atoms with Crippen LogP contribution in [0, 0.1) is 0 Å². The van der Waals surface area contributed by atoms with E-state index in [-0.39, 0.29) is 23.7 Å². The second-order valence-electron chi connectivity index (χ2n) is 10.5. The molecule has 0 bridgehead atoms. The minimum atomic E-state index is -0.360. The van der Waals surface area contributed by atoms with Crippen LogP contribution in [0.3, 0.4) is 0 Å². The van der Waals surface area contributed by atoms with Gasteiger partial charge < -0.3 is 13.7 Å². The van der Waals surface area contributed by atoms with Gasteiger partial charge in [0.25, 0.3) is 0 Å². The first kappa shape index (κ1) is 19.2. The summed E-state index contributed by atoms with van der Waals surface area (Å²) in [5, 5.41) is 2.35. The van der Waals surface area contributed by atoms with Crippen molar-refractivity contribution in [2.75, 3.05) is 0 Å². The molecule has 0 N–H and O–H groups in total. The van der Waals surface area contributed by atoms with Crippen LogP contribution in [0.1, 0.15) is 52.7 Å². The van der Waals surface area contributed by atoms with E-state index in [1.807, 2.05) is 12.1 Å². The zero-order valence-electron chi connectivity index (χ0n) is 19.0. The van der Waals surface area contributed by atoms with Crippen LogP contribution in [0.4, 0.5) is 0 Å². The molecule has 6 rings (SSSR count). The average Bonchev–Trinajstić information content (AvgIpc) is 3.27. The average molecular weight is 410 g/mol. The Bertz CT molecular complexity index is 1360. The third-order valence-electron chi connectivity index (χ3n) is 7.70. The minimum Gasteiger partial charge on any atom is -0.456 e. The highest BCUT2D eigenvalue weighted by molar-refractivity contribution is 6.62. The highest BCUT2D eigenvalue weighted by Gasteiger charge is 2.52. The van der Waals surface area contributed by atoms with Gasteiger partial charge in [-0.05, 0) is 62.0 Å². The van der Waals surface area contributed by atoms with E-state index in [1.165, 1.54) is 33.0 Å². The van der Waals surface area contributed by atoms with Crippen molar-refractivity contribution in [1.82, 2.24) is 0 Å². The molecule has 0 radical (unpaired) electrons. The molecule has 2 aliphatic rings. The van der Waals surface area contributed by atoms with Crippen LogP contribution in [0.15, 0.2) is 59.0 Å². The van der Waals surface area contributed by atoms with Gasteiger partial charge in [0.15, 0.2) is 0 Å².